The van der Waals surface area contributed by atoms with Gasteiger partial charge in [0.1, 0.15) is 0 Å². The summed E-state index contributed by atoms with van der Waals surface area (Å²) >= 11 is 1.37. The molecule has 7 nitrogen and oxygen atoms in total. The summed E-state index contributed by atoms with van der Waals surface area (Å²) in [4.78, 5) is 36.0. The number of nitrogens with zero attached hydrogens (tertiary/aromatic N) is 4. The fourth-order valence-electron chi connectivity index (χ4n) is 2.58. The van der Waals surface area contributed by atoms with E-state index < -0.39 is 0 Å². The van der Waals surface area contributed by atoms with Crippen molar-refractivity contribution in [2.24, 2.45) is 0 Å². The van der Waals surface area contributed by atoms with Crippen molar-refractivity contribution in [3.8, 4) is 0 Å². The van der Waals surface area contributed by atoms with Crippen LogP contribution in [0.15, 0.2) is 24.0 Å². The minimum Gasteiger partial charge on any atom is -0.331 e. The molecule has 2 aromatic rings. The SMILES string of the molecule is CN(C)C(=O)N1CCc2c(cncc2C(=O)Nc2nccs2)C1. The average molecular weight is 331 g/mol. The molecule has 0 saturated heterocycles. The molecule has 120 valence electrons. The van der Waals surface area contributed by atoms with E-state index in [-0.39, 0.29) is 11.9 Å². The first-order valence-electron chi connectivity index (χ1n) is 7.19. The highest BCUT2D eigenvalue weighted by Gasteiger charge is 2.25. The van der Waals surface area contributed by atoms with Gasteiger partial charge in [-0.25, -0.2) is 9.78 Å². The Bertz CT molecular complexity index is 729. The molecular weight excluding hydrogens is 314 g/mol. The van der Waals surface area contributed by atoms with E-state index in [0.717, 1.165) is 11.1 Å². The maximum Gasteiger partial charge on any atom is 0.319 e. The smallest absolute Gasteiger partial charge is 0.319 e. The molecule has 0 unspecified atom stereocenters. The van der Waals surface area contributed by atoms with Crippen molar-refractivity contribution in [1.29, 1.82) is 0 Å². The van der Waals surface area contributed by atoms with E-state index in [1.54, 1.807) is 47.9 Å². The molecule has 0 bridgehead atoms. The Morgan fingerprint density at radius 1 is 1.35 bits per heavy atom. The van der Waals surface area contributed by atoms with Crippen LogP contribution in [0, 0.1) is 0 Å². The van der Waals surface area contributed by atoms with Crippen LogP contribution in [-0.2, 0) is 13.0 Å². The molecule has 1 aliphatic heterocycles. The molecule has 0 spiro atoms. The third-order valence-corrected chi connectivity index (χ3v) is 4.38. The third kappa shape index (κ3) is 3.16. The second-order valence-electron chi connectivity index (χ2n) is 5.46. The molecule has 8 heteroatoms. The van der Waals surface area contributed by atoms with E-state index in [0.29, 0.717) is 30.2 Å². The standard InChI is InChI=1S/C15H17N5O2S/c1-19(2)15(22)20-5-3-11-10(9-20)7-16-8-12(11)13(21)18-14-17-4-6-23-14/h4,6-8H,3,5,9H2,1-2H3,(H,17,18,21). The summed E-state index contributed by atoms with van der Waals surface area (Å²) in [6.07, 6.45) is 5.58. The van der Waals surface area contributed by atoms with Crippen LogP contribution < -0.4 is 5.32 Å². The second-order valence-corrected chi connectivity index (χ2v) is 6.36. The zero-order chi connectivity index (χ0) is 16.4. The van der Waals surface area contributed by atoms with Crippen LogP contribution in [-0.4, -0.2) is 52.3 Å². The lowest BCUT2D eigenvalue weighted by Crippen LogP contribution is -2.42. The first-order chi connectivity index (χ1) is 11.1. The van der Waals surface area contributed by atoms with Crippen LogP contribution in [0.25, 0.3) is 0 Å². The number of anilines is 1. The van der Waals surface area contributed by atoms with E-state index >= 15 is 0 Å². The number of fused-ring (bicyclic) bond motifs is 1. The van der Waals surface area contributed by atoms with Gasteiger partial charge >= 0.3 is 6.03 Å². The molecule has 1 N–H and O–H groups in total. The molecule has 2 aromatic heterocycles. The summed E-state index contributed by atoms with van der Waals surface area (Å²) in [6.45, 7) is 1.06. The summed E-state index contributed by atoms with van der Waals surface area (Å²) in [5.74, 6) is -0.211. The van der Waals surface area contributed by atoms with Crippen molar-refractivity contribution in [3.63, 3.8) is 0 Å². The predicted octanol–water partition coefficient (Wildman–Crippen LogP) is 1.83. The maximum atomic E-state index is 12.4. The summed E-state index contributed by atoms with van der Waals surface area (Å²) in [6, 6.07) is -0.0340. The van der Waals surface area contributed by atoms with Crippen molar-refractivity contribution < 1.29 is 9.59 Å². The quantitative estimate of drug-likeness (QED) is 0.910. The van der Waals surface area contributed by atoms with Crippen molar-refractivity contribution in [2.75, 3.05) is 26.0 Å². The van der Waals surface area contributed by atoms with Crippen LogP contribution in [0.1, 0.15) is 21.5 Å². The normalized spacial score (nSPS) is 13.4. The van der Waals surface area contributed by atoms with Crippen molar-refractivity contribution >= 4 is 28.4 Å². The van der Waals surface area contributed by atoms with E-state index in [1.807, 2.05) is 0 Å². The molecule has 23 heavy (non-hydrogen) atoms. The highest BCUT2D eigenvalue weighted by atomic mass is 32.1. The van der Waals surface area contributed by atoms with Crippen LogP contribution in [0.2, 0.25) is 0 Å². The minimum atomic E-state index is -0.211. The van der Waals surface area contributed by atoms with Gasteiger partial charge in [0.2, 0.25) is 0 Å². The molecule has 0 saturated carbocycles. The Morgan fingerprint density at radius 2 is 2.17 bits per heavy atom. The molecule has 0 atom stereocenters. The van der Waals surface area contributed by atoms with E-state index in [4.69, 9.17) is 0 Å². The first-order valence-corrected chi connectivity index (χ1v) is 8.07. The highest BCUT2D eigenvalue weighted by molar-refractivity contribution is 7.13. The zero-order valence-electron chi connectivity index (χ0n) is 12.9. The van der Waals surface area contributed by atoms with Crippen molar-refractivity contribution in [1.82, 2.24) is 19.8 Å². The Labute approximate surface area is 138 Å². The lowest BCUT2D eigenvalue weighted by Gasteiger charge is -2.31. The summed E-state index contributed by atoms with van der Waals surface area (Å²) in [5.41, 5.74) is 2.42. The number of rotatable bonds is 2. The number of aromatic nitrogens is 2. The van der Waals surface area contributed by atoms with Crippen molar-refractivity contribution in [2.45, 2.75) is 13.0 Å². The van der Waals surface area contributed by atoms with Gasteiger partial charge in [-0.3, -0.25) is 15.1 Å². The number of thiazole rings is 1. The molecular formula is C15H17N5O2S. The Hall–Kier alpha value is -2.48. The van der Waals surface area contributed by atoms with Gasteiger partial charge in [-0.1, -0.05) is 0 Å². The number of carbonyl (C=O) groups excluding carboxylic acids is 2. The van der Waals surface area contributed by atoms with Crippen LogP contribution in [0.3, 0.4) is 0 Å². The number of hydrogen-bond donors (Lipinski definition) is 1. The Kier molecular flexibility index (Phi) is 4.24. The molecule has 3 heterocycles. The van der Waals surface area contributed by atoms with Gasteiger partial charge in [0.25, 0.3) is 5.91 Å². The van der Waals surface area contributed by atoms with Gasteiger partial charge in [0.05, 0.1) is 5.56 Å². The van der Waals surface area contributed by atoms with Gasteiger partial charge < -0.3 is 9.80 Å². The fraction of sp³-hybridized carbons (Fsp3) is 0.333. The van der Waals surface area contributed by atoms with Gasteiger partial charge in [-0.2, -0.15) is 0 Å². The minimum absolute atomic E-state index is 0.0340. The molecule has 0 aliphatic carbocycles. The van der Waals surface area contributed by atoms with Crippen LogP contribution in [0.5, 0.6) is 0 Å². The summed E-state index contributed by atoms with van der Waals surface area (Å²) in [7, 11) is 3.46. The second kappa shape index (κ2) is 6.33. The monoisotopic (exact) mass is 331 g/mol. The topological polar surface area (TPSA) is 78.4 Å². The lowest BCUT2D eigenvalue weighted by atomic mass is 9.97. The molecule has 3 amide bonds. The largest absolute Gasteiger partial charge is 0.331 e. The van der Waals surface area contributed by atoms with Crippen LogP contribution >= 0.6 is 11.3 Å². The molecule has 1 aliphatic rings. The number of amides is 3. The highest BCUT2D eigenvalue weighted by Crippen LogP contribution is 2.23. The van der Waals surface area contributed by atoms with Gasteiger partial charge in [0.15, 0.2) is 5.13 Å². The van der Waals surface area contributed by atoms with E-state index in [2.05, 4.69) is 15.3 Å². The number of urea groups is 1. The molecule has 0 radical (unpaired) electrons. The van der Waals surface area contributed by atoms with Gasteiger partial charge in [0, 0.05) is 51.2 Å². The Balaban J connectivity index is 1.82. The maximum absolute atomic E-state index is 12.4. The van der Waals surface area contributed by atoms with Gasteiger partial charge in [-0.05, 0) is 17.5 Å². The number of pyridine rings is 1. The summed E-state index contributed by atoms with van der Waals surface area (Å²) in [5, 5.41) is 5.15. The van der Waals surface area contributed by atoms with Gasteiger partial charge in [-0.15, -0.1) is 11.3 Å². The fourth-order valence-corrected chi connectivity index (χ4v) is 3.11. The van der Waals surface area contributed by atoms with E-state index in [1.165, 1.54) is 11.3 Å². The number of nitrogens with one attached hydrogen (secondary N) is 1. The number of carbonyl (C=O) groups is 2. The van der Waals surface area contributed by atoms with E-state index in [9.17, 15) is 9.59 Å². The van der Waals surface area contributed by atoms with Crippen LogP contribution in [0.4, 0.5) is 9.93 Å². The molecule has 3 rings (SSSR count). The average Bonchev–Trinajstić information content (AvgIpc) is 3.05. The zero-order valence-corrected chi connectivity index (χ0v) is 13.8. The number of hydrogen-bond acceptors (Lipinski definition) is 5. The molecule has 0 fully saturated rings. The van der Waals surface area contributed by atoms with Crippen molar-refractivity contribution in [3.05, 3.63) is 40.7 Å². The third-order valence-electron chi connectivity index (χ3n) is 3.69. The molecule has 0 aromatic carbocycles. The lowest BCUT2D eigenvalue weighted by molar-refractivity contribution is 0.102. The summed E-state index contributed by atoms with van der Waals surface area (Å²) < 4.78 is 0. The first kappa shape index (κ1) is 15.4. The predicted molar refractivity (Wildman–Crippen MR) is 87.5 cm³/mol. The Morgan fingerprint density at radius 3 is 2.87 bits per heavy atom.